The van der Waals surface area contributed by atoms with Gasteiger partial charge in [0, 0.05) is 38.9 Å². The summed E-state index contributed by atoms with van der Waals surface area (Å²) < 4.78 is 55.9. The number of rotatable bonds is 4. The minimum Gasteiger partial charge on any atom is -0.452 e. The molecule has 0 radical (unpaired) electrons. The summed E-state index contributed by atoms with van der Waals surface area (Å²) in [6.07, 6.45) is 5.34. The maximum Gasteiger partial charge on any atom is 0.340 e. The molecule has 0 aromatic heterocycles. The van der Waals surface area contributed by atoms with Gasteiger partial charge in [0.1, 0.15) is 5.84 Å². The average Bonchev–Trinajstić information content (AvgIpc) is 2.64. The van der Waals surface area contributed by atoms with E-state index < -0.39 is 38.5 Å². The van der Waals surface area contributed by atoms with Crippen molar-refractivity contribution >= 4 is 37.8 Å². The van der Waals surface area contributed by atoms with Crippen molar-refractivity contribution in [2.75, 3.05) is 51.3 Å². The van der Waals surface area contributed by atoms with Crippen LogP contribution in [0.25, 0.3) is 0 Å². The number of sulfonamides is 2. The molecule has 0 aromatic rings. The molecule has 0 saturated carbocycles. The van der Waals surface area contributed by atoms with Crippen LogP contribution in [0.1, 0.15) is 0 Å². The maximum absolute atomic E-state index is 12.2. The molecule has 0 unspecified atom stereocenters. The summed E-state index contributed by atoms with van der Waals surface area (Å²) in [5.74, 6) is -1.05. The standard InChI is InChI=1S/C15H20N4O7S2/c1-27(22,23)19-6-4-17(5-7-19)14(20)11-26-15(21)12-2-3-13-16-28(24,25)9-8-18(13)10-12/h2-3,10H,4-9,11H2,1H3. The summed E-state index contributed by atoms with van der Waals surface area (Å²) in [7, 11) is -6.77. The van der Waals surface area contributed by atoms with Gasteiger partial charge in [0.25, 0.3) is 15.9 Å². The second-order valence-electron chi connectivity index (χ2n) is 6.47. The molecule has 1 fully saturated rings. The van der Waals surface area contributed by atoms with Crippen LogP contribution < -0.4 is 0 Å². The van der Waals surface area contributed by atoms with Gasteiger partial charge in [-0.15, -0.1) is 4.40 Å². The number of hydrogen-bond acceptors (Lipinski definition) is 8. The van der Waals surface area contributed by atoms with Gasteiger partial charge in [0.05, 0.1) is 17.6 Å². The molecule has 13 heteroatoms. The summed E-state index contributed by atoms with van der Waals surface area (Å²) in [4.78, 5) is 27.4. The Balaban J connectivity index is 1.52. The van der Waals surface area contributed by atoms with Gasteiger partial charge >= 0.3 is 5.97 Å². The lowest BCUT2D eigenvalue weighted by Crippen LogP contribution is -2.51. The van der Waals surface area contributed by atoms with Crippen molar-refractivity contribution < 1.29 is 31.2 Å². The number of nitrogens with zero attached hydrogens (tertiary/aromatic N) is 4. The van der Waals surface area contributed by atoms with Crippen molar-refractivity contribution in [1.29, 1.82) is 0 Å². The van der Waals surface area contributed by atoms with Crippen LogP contribution in [-0.4, -0.2) is 100.0 Å². The molecule has 28 heavy (non-hydrogen) atoms. The molecule has 1 saturated heterocycles. The molecular formula is C15H20N4O7S2. The van der Waals surface area contributed by atoms with Crippen molar-refractivity contribution in [3.8, 4) is 0 Å². The van der Waals surface area contributed by atoms with Gasteiger partial charge in [-0.25, -0.2) is 21.6 Å². The van der Waals surface area contributed by atoms with E-state index in [-0.39, 0.29) is 49.9 Å². The first-order valence-corrected chi connectivity index (χ1v) is 11.9. The third-order valence-corrected chi connectivity index (χ3v) is 6.91. The van der Waals surface area contributed by atoms with E-state index in [1.807, 2.05) is 0 Å². The number of esters is 1. The Morgan fingerprint density at radius 3 is 2.46 bits per heavy atom. The smallest absolute Gasteiger partial charge is 0.340 e. The molecule has 0 N–H and O–H groups in total. The highest BCUT2D eigenvalue weighted by atomic mass is 32.2. The third-order valence-electron chi connectivity index (χ3n) is 4.45. The molecule has 3 rings (SSSR count). The summed E-state index contributed by atoms with van der Waals surface area (Å²) in [6.45, 7) is 0.574. The Kier molecular flexibility index (Phi) is 5.59. The first-order chi connectivity index (χ1) is 13.0. The van der Waals surface area contributed by atoms with Crippen molar-refractivity contribution in [3.63, 3.8) is 0 Å². The number of amides is 1. The second kappa shape index (κ2) is 7.64. The van der Waals surface area contributed by atoms with Crippen LogP contribution in [0.2, 0.25) is 0 Å². The number of amidine groups is 1. The Morgan fingerprint density at radius 1 is 1.14 bits per heavy atom. The van der Waals surface area contributed by atoms with E-state index in [0.717, 1.165) is 6.26 Å². The van der Waals surface area contributed by atoms with Gasteiger partial charge in [-0.3, -0.25) is 4.79 Å². The molecule has 1 amide bonds. The summed E-state index contributed by atoms with van der Waals surface area (Å²) >= 11 is 0. The van der Waals surface area contributed by atoms with Gasteiger partial charge in [-0.1, -0.05) is 0 Å². The predicted molar refractivity (Wildman–Crippen MR) is 99.1 cm³/mol. The summed E-state index contributed by atoms with van der Waals surface area (Å²) in [5, 5.41) is 0. The number of hydrogen-bond donors (Lipinski definition) is 0. The molecule has 0 atom stereocenters. The highest BCUT2D eigenvalue weighted by Gasteiger charge is 2.28. The first-order valence-electron chi connectivity index (χ1n) is 8.44. The van der Waals surface area contributed by atoms with Crippen LogP contribution in [0, 0.1) is 0 Å². The third kappa shape index (κ3) is 4.77. The quantitative estimate of drug-likeness (QED) is 0.472. The lowest BCUT2D eigenvalue weighted by atomic mass is 10.2. The van der Waals surface area contributed by atoms with Gasteiger partial charge < -0.3 is 14.5 Å². The zero-order chi connectivity index (χ0) is 20.5. The van der Waals surface area contributed by atoms with Crippen molar-refractivity contribution in [2.24, 2.45) is 4.40 Å². The summed E-state index contributed by atoms with van der Waals surface area (Å²) in [5.41, 5.74) is 0.174. The van der Waals surface area contributed by atoms with E-state index in [0.29, 0.717) is 0 Å². The van der Waals surface area contributed by atoms with Crippen molar-refractivity contribution in [3.05, 3.63) is 23.9 Å². The Bertz CT molecular complexity index is 974. The number of fused-ring (bicyclic) bond motifs is 1. The molecular weight excluding hydrogens is 412 g/mol. The fourth-order valence-electron chi connectivity index (χ4n) is 2.89. The maximum atomic E-state index is 12.2. The molecule has 3 aliphatic rings. The molecule has 3 aliphatic heterocycles. The topological polar surface area (TPSA) is 134 Å². The summed E-state index contributed by atoms with van der Waals surface area (Å²) in [6, 6.07) is 0. The van der Waals surface area contributed by atoms with E-state index in [4.69, 9.17) is 4.74 Å². The highest BCUT2D eigenvalue weighted by molar-refractivity contribution is 7.90. The second-order valence-corrected chi connectivity index (χ2v) is 10.2. The largest absolute Gasteiger partial charge is 0.452 e. The van der Waals surface area contributed by atoms with Crippen LogP contribution in [0.5, 0.6) is 0 Å². The normalized spacial score (nSPS) is 22.2. The van der Waals surface area contributed by atoms with Crippen molar-refractivity contribution in [1.82, 2.24) is 14.1 Å². The van der Waals surface area contributed by atoms with Crippen LogP contribution in [0.4, 0.5) is 0 Å². The average molecular weight is 432 g/mol. The van der Waals surface area contributed by atoms with E-state index in [1.54, 1.807) is 0 Å². The highest BCUT2D eigenvalue weighted by Crippen LogP contribution is 2.16. The zero-order valence-electron chi connectivity index (χ0n) is 15.1. The number of carbonyl (C=O) groups is 2. The lowest BCUT2D eigenvalue weighted by molar-refractivity contribution is -0.149. The van der Waals surface area contributed by atoms with Gasteiger partial charge in [-0.05, 0) is 12.2 Å². The van der Waals surface area contributed by atoms with E-state index in [1.165, 1.54) is 32.5 Å². The SMILES string of the molecule is CS(=O)(=O)N1CCN(C(=O)COC(=O)C2=CN3CCS(=O)(=O)N=C3C=C2)CC1. The zero-order valence-corrected chi connectivity index (χ0v) is 16.8. The Morgan fingerprint density at radius 2 is 1.82 bits per heavy atom. The molecule has 0 aromatic carbocycles. The molecule has 11 nitrogen and oxygen atoms in total. The first kappa shape index (κ1) is 20.5. The molecule has 154 valence electrons. The van der Waals surface area contributed by atoms with Crippen LogP contribution in [0.3, 0.4) is 0 Å². The van der Waals surface area contributed by atoms with Crippen LogP contribution in [0.15, 0.2) is 28.3 Å². The lowest BCUT2D eigenvalue weighted by Gasteiger charge is -2.33. The van der Waals surface area contributed by atoms with Crippen molar-refractivity contribution in [2.45, 2.75) is 0 Å². The van der Waals surface area contributed by atoms with E-state index in [9.17, 15) is 26.4 Å². The van der Waals surface area contributed by atoms with E-state index >= 15 is 0 Å². The monoisotopic (exact) mass is 432 g/mol. The molecule has 0 bridgehead atoms. The molecule has 0 spiro atoms. The molecule has 0 aliphatic carbocycles. The Labute approximate surface area is 163 Å². The Hall–Kier alpha value is -2.25. The van der Waals surface area contributed by atoms with Gasteiger partial charge in [-0.2, -0.15) is 4.31 Å². The van der Waals surface area contributed by atoms with Crippen LogP contribution >= 0.6 is 0 Å². The number of ether oxygens (including phenoxy) is 1. The van der Waals surface area contributed by atoms with E-state index in [2.05, 4.69) is 4.40 Å². The fraction of sp³-hybridized carbons (Fsp3) is 0.533. The van der Waals surface area contributed by atoms with Crippen LogP contribution in [-0.2, 0) is 34.4 Å². The minimum atomic E-state index is -3.48. The number of piperazine rings is 1. The van der Waals surface area contributed by atoms with Gasteiger partial charge in [0.2, 0.25) is 10.0 Å². The predicted octanol–water partition coefficient (Wildman–Crippen LogP) is -1.87. The number of carbonyl (C=O) groups excluding carboxylic acids is 2. The minimum absolute atomic E-state index is 0.152. The molecule has 3 heterocycles. The fourth-order valence-corrected chi connectivity index (χ4v) is 4.69. The van der Waals surface area contributed by atoms with Gasteiger partial charge in [0.15, 0.2) is 6.61 Å².